The van der Waals surface area contributed by atoms with Crippen molar-refractivity contribution in [2.75, 3.05) is 5.32 Å². The van der Waals surface area contributed by atoms with Gasteiger partial charge in [-0.2, -0.15) is 0 Å². The SMILES string of the molecule is O=C([O-])c1cccc(NC(=S)NC(=O)c2cccc(Cl)c2)c1. The van der Waals surface area contributed by atoms with Gasteiger partial charge in [-0.25, -0.2) is 0 Å². The van der Waals surface area contributed by atoms with Gasteiger partial charge in [-0.1, -0.05) is 29.8 Å². The van der Waals surface area contributed by atoms with Crippen molar-refractivity contribution in [3.63, 3.8) is 0 Å². The van der Waals surface area contributed by atoms with Crippen LogP contribution >= 0.6 is 23.8 Å². The summed E-state index contributed by atoms with van der Waals surface area (Å²) in [6.07, 6.45) is 0. The van der Waals surface area contributed by atoms with Gasteiger partial charge < -0.3 is 15.2 Å². The number of aromatic carboxylic acids is 1. The van der Waals surface area contributed by atoms with Crippen molar-refractivity contribution in [1.82, 2.24) is 5.32 Å². The number of thiocarbonyl (C=S) groups is 1. The molecule has 1 amide bonds. The Morgan fingerprint density at radius 1 is 1.05 bits per heavy atom. The Balaban J connectivity index is 2.02. The van der Waals surface area contributed by atoms with E-state index in [1.165, 1.54) is 24.3 Å². The first-order valence-electron chi connectivity index (χ1n) is 6.15. The van der Waals surface area contributed by atoms with E-state index in [9.17, 15) is 14.7 Å². The van der Waals surface area contributed by atoms with Crippen LogP contribution in [0, 0.1) is 0 Å². The van der Waals surface area contributed by atoms with Gasteiger partial charge in [0.25, 0.3) is 5.91 Å². The Morgan fingerprint density at radius 2 is 1.73 bits per heavy atom. The van der Waals surface area contributed by atoms with E-state index in [0.717, 1.165) is 0 Å². The predicted octanol–water partition coefficient (Wildman–Crippen LogP) is 1.83. The van der Waals surface area contributed by atoms with Crippen molar-refractivity contribution < 1.29 is 14.7 Å². The second-order valence-electron chi connectivity index (χ2n) is 4.29. The molecule has 7 heteroatoms. The maximum atomic E-state index is 12.0. The highest BCUT2D eigenvalue weighted by atomic mass is 35.5. The van der Waals surface area contributed by atoms with Gasteiger partial charge in [-0.05, 0) is 48.1 Å². The number of carboxylic acid groups (broad SMARTS) is 1. The molecule has 2 aromatic carbocycles. The van der Waals surface area contributed by atoms with Crippen LogP contribution in [0.2, 0.25) is 5.02 Å². The summed E-state index contributed by atoms with van der Waals surface area (Å²) in [5, 5.41) is 16.5. The Kier molecular flexibility index (Phi) is 5.08. The normalized spacial score (nSPS) is 9.86. The molecule has 0 aromatic heterocycles. The van der Waals surface area contributed by atoms with Gasteiger partial charge in [0.2, 0.25) is 0 Å². The highest BCUT2D eigenvalue weighted by molar-refractivity contribution is 7.80. The lowest BCUT2D eigenvalue weighted by atomic mass is 10.2. The number of carboxylic acids is 1. The van der Waals surface area contributed by atoms with Gasteiger partial charge in [-0.15, -0.1) is 0 Å². The van der Waals surface area contributed by atoms with E-state index in [1.807, 2.05) is 0 Å². The molecule has 0 bridgehead atoms. The van der Waals surface area contributed by atoms with Crippen molar-refractivity contribution in [1.29, 1.82) is 0 Å². The minimum atomic E-state index is -1.29. The predicted molar refractivity (Wildman–Crippen MR) is 85.9 cm³/mol. The summed E-state index contributed by atoms with van der Waals surface area (Å²) in [6, 6.07) is 12.3. The molecular formula is C15H10ClN2O3S-. The van der Waals surface area contributed by atoms with E-state index in [0.29, 0.717) is 16.3 Å². The van der Waals surface area contributed by atoms with Crippen LogP contribution in [-0.2, 0) is 0 Å². The third-order valence-corrected chi connectivity index (χ3v) is 3.11. The molecule has 0 spiro atoms. The zero-order valence-electron chi connectivity index (χ0n) is 11.1. The number of hydrogen-bond acceptors (Lipinski definition) is 4. The molecule has 112 valence electrons. The quantitative estimate of drug-likeness (QED) is 0.838. The Hall–Kier alpha value is -2.44. The van der Waals surface area contributed by atoms with Crippen LogP contribution in [0.25, 0.3) is 0 Å². The van der Waals surface area contributed by atoms with Gasteiger partial charge in [0.1, 0.15) is 0 Å². The van der Waals surface area contributed by atoms with E-state index in [2.05, 4.69) is 10.6 Å². The Morgan fingerprint density at radius 3 is 2.41 bits per heavy atom. The second kappa shape index (κ2) is 7.02. The molecule has 22 heavy (non-hydrogen) atoms. The first-order chi connectivity index (χ1) is 10.5. The number of carbonyl (C=O) groups excluding carboxylic acids is 2. The summed E-state index contributed by atoms with van der Waals surface area (Å²) in [7, 11) is 0. The maximum Gasteiger partial charge on any atom is 0.257 e. The molecule has 0 saturated carbocycles. The Bertz CT molecular complexity index is 749. The lowest BCUT2D eigenvalue weighted by molar-refractivity contribution is -0.255. The fraction of sp³-hybridized carbons (Fsp3) is 0. The van der Waals surface area contributed by atoms with Crippen molar-refractivity contribution in [2.24, 2.45) is 0 Å². The highest BCUT2D eigenvalue weighted by Gasteiger charge is 2.08. The lowest BCUT2D eigenvalue weighted by Crippen LogP contribution is -2.34. The summed E-state index contributed by atoms with van der Waals surface area (Å²) in [6.45, 7) is 0. The van der Waals surface area contributed by atoms with E-state index in [-0.39, 0.29) is 10.7 Å². The van der Waals surface area contributed by atoms with Crippen LogP contribution in [0.4, 0.5) is 5.69 Å². The molecule has 2 aromatic rings. The number of rotatable bonds is 3. The van der Waals surface area contributed by atoms with E-state index >= 15 is 0 Å². The molecule has 0 aliphatic carbocycles. The summed E-state index contributed by atoms with van der Waals surface area (Å²) in [4.78, 5) is 22.8. The van der Waals surface area contributed by atoms with E-state index in [4.69, 9.17) is 23.8 Å². The molecule has 0 aliphatic rings. The van der Waals surface area contributed by atoms with Crippen LogP contribution in [0.5, 0.6) is 0 Å². The summed E-state index contributed by atoms with van der Waals surface area (Å²) in [5.41, 5.74) is 0.798. The molecule has 5 nitrogen and oxygen atoms in total. The Labute approximate surface area is 136 Å². The van der Waals surface area contributed by atoms with Crippen molar-refractivity contribution in [3.8, 4) is 0 Å². The number of carbonyl (C=O) groups is 2. The maximum absolute atomic E-state index is 12.0. The van der Waals surface area contributed by atoms with Gasteiger partial charge in [0.15, 0.2) is 5.11 Å². The number of nitrogens with one attached hydrogen (secondary N) is 2. The summed E-state index contributed by atoms with van der Waals surface area (Å²) in [5.74, 6) is -1.71. The third-order valence-electron chi connectivity index (χ3n) is 2.67. The zero-order chi connectivity index (χ0) is 16.1. The number of halogens is 1. The van der Waals surface area contributed by atoms with Crippen molar-refractivity contribution >= 4 is 46.5 Å². The van der Waals surface area contributed by atoms with Crippen LogP contribution < -0.4 is 15.7 Å². The summed E-state index contributed by atoms with van der Waals surface area (Å²) < 4.78 is 0. The largest absolute Gasteiger partial charge is 0.545 e. The first kappa shape index (κ1) is 15.9. The smallest absolute Gasteiger partial charge is 0.257 e. The standard InChI is InChI=1S/C15H11ClN2O3S/c16-11-5-1-3-9(7-11)13(19)18-15(22)17-12-6-2-4-10(8-12)14(20)21/h1-8H,(H,20,21)(H2,17,18,19,22)/p-1. The third kappa shape index (κ3) is 4.28. The van der Waals surface area contributed by atoms with Crippen LogP contribution in [0.15, 0.2) is 48.5 Å². The molecule has 0 atom stereocenters. The monoisotopic (exact) mass is 333 g/mol. The number of anilines is 1. The number of hydrogen-bond donors (Lipinski definition) is 2. The zero-order valence-corrected chi connectivity index (χ0v) is 12.7. The molecular weight excluding hydrogens is 324 g/mol. The molecule has 0 saturated heterocycles. The highest BCUT2D eigenvalue weighted by Crippen LogP contribution is 2.12. The lowest BCUT2D eigenvalue weighted by Gasteiger charge is -2.11. The minimum absolute atomic E-state index is 0.00830. The average Bonchev–Trinajstić information content (AvgIpc) is 2.47. The average molecular weight is 334 g/mol. The first-order valence-corrected chi connectivity index (χ1v) is 6.93. The van der Waals surface area contributed by atoms with Crippen LogP contribution in [-0.4, -0.2) is 17.0 Å². The molecule has 2 N–H and O–H groups in total. The van der Waals surface area contributed by atoms with Gasteiger partial charge >= 0.3 is 0 Å². The molecule has 0 fully saturated rings. The van der Waals surface area contributed by atoms with E-state index < -0.39 is 11.9 Å². The van der Waals surface area contributed by atoms with Gasteiger partial charge in [0.05, 0.1) is 5.97 Å². The number of benzene rings is 2. The van der Waals surface area contributed by atoms with Crippen molar-refractivity contribution in [2.45, 2.75) is 0 Å². The fourth-order valence-corrected chi connectivity index (χ4v) is 2.09. The van der Waals surface area contributed by atoms with Gasteiger partial charge in [0, 0.05) is 16.3 Å². The second-order valence-corrected chi connectivity index (χ2v) is 5.13. The van der Waals surface area contributed by atoms with Crippen molar-refractivity contribution in [3.05, 3.63) is 64.7 Å². The molecule has 2 rings (SSSR count). The number of amides is 1. The van der Waals surface area contributed by atoms with Crippen LogP contribution in [0.3, 0.4) is 0 Å². The summed E-state index contributed by atoms with van der Waals surface area (Å²) >= 11 is 10.8. The molecule has 0 aliphatic heterocycles. The molecule has 0 heterocycles. The fourth-order valence-electron chi connectivity index (χ4n) is 1.69. The van der Waals surface area contributed by atoms with Gasteiger partial charge in [-0.3, -0.25) is 10.1 Å². The minimum Gasteiger partial charge on any atom is -0.545 e. The molecule has 0 unspecified atom stereocenters. The van der Waals surface area contributed by atoms with Crippen LogP contribution in [0.1, 0.15) is 20.7 Å². The van der Waals surface area contributed by atoms with E-state index in [1.54, 1.807) is 24.3 Å². The topological polar surface area (TPSA) is 81.3 Å². The molecule has 0 radical (unpaired) electrons.